The minimum Gasteiger partial charge on any atom is -0.352 e. The summed E-state index contributed by atoms with van der Waals surface area (Å²) in [5.41, 5.74) is 1.28. The summed E-state index contributed by atoms with van der Waals surface area (Å²) in [6.45, 7) is 5.61. The van der Waals surface area contributed by atoms with Crippen molar-refractivity contribution in [2.75, 3.05) is 33.2 Å². The van der Waals surface area contributed by atoms with Crippen LogP contribution in [0.3, 0.4) is 0 Å². The van der Waals surface area contributed by atoms with Crippen LogP contribution in [0.5, 0.6) is 0 Å². The number of nitrogens with zero attached hydrogens (tertiary/aromatic N) is 3. The van der Waals surface area contributed by atoms with Crippen molar-refractivity contribution < 1.29 is 0 Å². The maximum atomic E-state index is 4.47. The summed E-state index contributed by atoms with van der Waals surface area (Å²) in [4.78, 5) is 9.53. The predicted octanol–water partition coefficient (Wildman–Crippen LogP) is 3.31. The lowest BCUT2D eigenvalue weighted by Gasteiger charge is -2.25. The third-order valence-corrected chi connectivity index (χ3v) is 5.22. The summed E-state index contributed by atoms with van der Waals surface area (Å²) in [5, 5.41) is 3.50. The average Bonchev–Trinajstić information content (AvgIpc) is 3.20. The second kappa shape index (κ2) is 9.22. The lowest BCUT2D eigenvalue weighted by Crippen LogP contribution is -2.42. The molecule has 2 aliphatic rings. The molecular weight excluding hydrogens is 467 g/mol. The summed E-state index contributed by atoms with van der Waals surface area (Å²) in [7, 11) is 1.88. The summed E-state index contributed by atoms with van der Waals surface area (Å²) >= 11 is 3.47. The van der Waals surface area contributed by atoms with Crippen molar-refractivity contribution in [1.82, 2.24) is 15.1 Å². The van der Waals surface area contributed by atoms with Crippen molar-refractivity contribution in [2.45, 2.75) is 31.8 Å². The van der Waals surface area contributed by atoms with Gasteiger partial charge in [-0.1, -0.05) is 28.1 Å². The van der Waals surface area contributed by atoms with Crippen LogP contribution < -0.4 is 5.32 Å². The van der Waals surface area contributed by atoms with Crippen LogP contribution in [0.15, 0.2) is 33.7 Å². The molecule has 0 amide bonds. The Hall–Kier alpha value is -0.340. The molecule has 1 aromatic carbocycles. The predicted molar refractivity (Wildman–Crippen MR) is 111 cm³/mol. The number of aliphatic imine (C=N–C) groups is 1. The maximum Gasteiger partial charge on any atom is 0.193 e. The Morgan fingerprint density at radius 3 is 2.57 bits per heavy atom. The average molecular weight is 493 g/mol. The van der Waals surface area contributed by atoms with Crippen molar-refractivity contribution in [1.29, 1.82) is 0 Å². The van der Waals surface area contributed by atoms with Gasteiger partial charge in [0.2, 0.25) is 0 Å². The van der Waals surface area contributed by atoms with Gasteiger partial charge in [-0.15, -0.1) is 24.0 Å². The maximum absolute atomic E-state index is 4.47. The zero-order valence-corrected chi connectivity index (χ0v) is 17.6. The Kier molecular flexibility index (Phi) is 7.62. The molecular formula is C17H26BrIN4. The molecule has 1 N–H and O–H groups in total. The molecule has 1 unspecified atom stereocenters. The molecule has 0 radical (unpaired) electrons. The van der Waals surface area contributed by atoms with Crippen molar-refractivity contribution >= 4 is 45.9 Å². The molecule has 1 aromatic rings. The second-order valence-electron chi connectivity index (χ2n) is 6.16. The van der Waals surface area contributed by atoms with Crippen LogP contribution in [0, 0.1) is 0 Å². The number of hydrogen-bond acceptors (Lipinski definition) is 2. The molecule has 4 nitrogen and oxygen atoms in total. The van der Waals surface area contributed by atoms with Gasteiger partial charge in [-0.2, -0.15) is 0 Å². The first-order valence-electron chi connectivity index (χ1n) is 8.20. The zero-order chi connectivity index (χ0) is 15.4. The van der Waals surface area contributed by atoms with Crippen LogP contribution in [-0.2, 0) is 6.54 Å². The van der Waals surface area contributed by atoms with E-state index in [9.17, 15) is 0 Å². The molecule has 0 aromatic heterocycles. The number of guanidine groups is 1. The largest absolute Gasteiger partial charge is 0.352 e. The number of nitrogens with one attached hydrogen (secondary N) is 1. The molecule has 6 heteroatoms. The Morgan fingerprint density at radius 2 is 1.91 bits per heavy atom. The van der Waals surface area contributed by atoms with Crippen molar-refractivity contribution in [3.63, 3.8) is 0 Å². The third kappa shape index (κ3) is 5.06. The zero-order valence-electron chi connectivity index (χ0n) is 13.7. The van der Waals surface area contributed by atoms with Crippen LogP contribution >= 0.6 is 39.9 Å². The van der Waals surface area contributed by atoms with E-state index in [-0.39, 0.29) is 24.0 Å². The molecule has 0 saturated carbocycles. The van der Waals surface area contributed by atoms with Crippen LogP contribution in [0.1, 0.15) is 24.8 Å². The normalized spacial score (nSPS) is 22.3. The van der Waals surface area contributed by atoms with Crippen LogP contribution in [0.25, 0.3) is 0 Å². The van der Waals surface area contributed by atoms with Gasteiger partial charge in [-0.25, -0.2) is 0 Å². The van der Waals surface area contributed by atoms with Gasteiger partial charge in [0.1, 0.15) is 0 Å². The standard InChI is InChI=1S/C17H25BrN4.HI/c1-19-17(20-12-14-4-6-15(18)7-5-14)22-11-8-16(13-22)21-9-2-3-10-21;/h4-7,16H,2-3,8-13H2,1H3,(H,19,20);1H. The van der Waals surface area contributed by atoms with E-state index in [0.29, 0.717) is 6.04 Å². The third-order valence-electron chi connectivity index (χ3n) is 4.70. The molecule has 128 valence electrons. The number of halogens is 2. The minimum atomic E-state index is 0. The second-order valence-corrected chi connectivity index (χ2v) is 7.07. The van der Waals surface area contributed by atoms with Gasteiger partial charge >= 0.3 is 0 Å². The highest BCUT2D eigenvalue weighted by Crippen LogP contribution is 2.20. The molecule has 2 fully saturated rings. The summed E-state index contributed by atoms with van der Waals surface area (Å²) in [6, 6.07) is 9.16. The topological polar surface area (TPSA) is 30.9 Å². The van der Waals surface area contributed by atoms with Gasteiger partial charge in [0, 0.05) is 37.2 Å². The van der Waals surface area contributed by atoms with Crippen molar-refractivity contribution in [3.8, 4) is 0 Å². The first-order chi connectivity index (χ1) is 10.8. The molecule has 2 aliphatic heterocycles. The fourth-order valence-corrected chi connectivity index (χ4v) is 3.72. The van der Waals surface area contributed by atoms with E-state index < -0.39 is 0 Å². The van der Waals surface area contributed by atoms with Gasteiger partial charge in [-0.05, 0) is 50.0 Å². The molecule has 2 saturated heterocycles. The van der Waals surface area contributed by atoms with Crippen molar-refractivity contribution in [3.05, 3.63) is 34.3 Å². The monoisotopic (exact) mass is 492 g/mol. The highest BCUT2D eigenvalue weighted by Gasteiger charge is 2.30. The van der Waals surface area contributed by atoms with Gasteiger partial charge < -0.3 is 10.2 Å². The Labute approximate surface area is 164 Å². The minimum absolute atomic E-state index is 0. The van der Waals surface area contributed by atoms with Gasteiger partial charge in [0.15, 0.2) is 5.96 Å². The molecule has 0 spiro atoms. The number of likely N-dealkylation sites (tertiary alicyclic amines) is 2. The van der Waals surface area contributed by atoms with Crippen LogP contribution in [-0.4, -0.2) is 55.0 Å². The number of benzene rings is 1. The smallest absolute Gasteiger partial charge is 0.193 e. The fraction of sp³-hybridized carbons (Fsp3) is 0.588. The highest BCUT2D eigenvalue weighted by atomic mass is 127. The number of rotatable bonds is 3. The van der Waals surface area contributed by atoms with E-state index >= 15 is 0 Å². The van der Waals surface area contributed by atoms with E-state index in [0.717, 1.165) is 30.1 Å². The van der Waals surface area contributed by atoms with Crippen molar-refractivity contribution in [2.24, 2.45) is 4.99 Å². The first kappa shape index (κ1) is 19.0. The Morgan fingerprint density at radius 1 is 1.22 bits per heavy atom. The quantitative estimate of drug-likeness (QED) is 0.399. The summed E-state index contributed by atoms with van der Waals surface area (Å²) in [5.74, 6) is 1.03. The fourth-order valence-electron chi connectivity index (χ4n) is 3.45. The SMILES string of the molecule is CN=C(NCc1ccc(Br)cc1)N1CCC(N2CCCC2)C1.I. The highest BCUT2D eigenvalue weighted by molar-refractivity contribution is 14.0. The lowest BCUT2D eigenvalue weighted by atomic mass is 10.2. The van der Waals surface area contributed by atoms with Crippen LogP contribution in [0.4, 0.5) is 0 Å². The molecule has 23 heavy (non-hydrogen) atoms. The molecule has 2 heterocycles. The summed E-state index contributed by atoms with van der Waals surface area (Å²) < 4.78 is 1.12. The van der Waals surface area contributed by atoms with Crippen LogP contribution in [0.2, 0.25) is 0 Å². The van der Waals surface area contributed by atoms with E-state index in [1.165, 1.54) is 37.9 Å². The molecule has 0 aliphatic carbocycles. The van der Waals surface area contributed by atoms with E-state index in [2.05, 4.69) is 60.3 Å². The first-order valence-corrected chi connectivity index (χ1v) is 8.99. The summed E-state index contributed by atoms with van der Waals surface area (Å²) in [6.07, 6.45) is 4.00. The molecule has 3 rings (SSSR count). The lowest BCUT2D eigenvalue weighted by molar-refractivity contribution is 0.249. The van der Waals surface area contributed by atoms with E-state index in [4.69, 9.17) is 0 Å². The Bertz CT molecular complexity index is 514. The Balaban J connectivity index is 0.00000192. The van der Waals surface area contributed by atoms with Gasteiger partial charge in [0.25, 0.3) is 0 Å². The van der Waals surface area contributed by atoms with E-state index in [1.54, 1.807) is 0 Å². The van der Waals surface area contributed by atoms with Gasteiger partial charge in [-0.3, -0.25) is 9.89 Å². The molecule has 0 bridgehead atoms. The number of hydrogen-bond donors (Lipinski definition) is 1. The van der Waals surface area contributed by atoms with Gasteiger partial charge in [0.05, 0.1) is 0 Å². The molecule has 1 atom stereocenters. The van der Waals surface area contributed by atoms with E-state index in [1.807, 2.05) is 7.05 Å².